The SMILES string of the molecule is CC(=O)NCCCNc1ncccc1-c1cc(Nc2cccc(Cl)c2)ncn1. The summed E-state index contributed by atoms with van der Waals surface area (Å²) < 4.78 is 0. The summed E-state index contributed by atoms with van der Waals surface area (Å²) in [4.78, 5) is 24.0. The van der Waals surface area contributed by atoms with E-state index in [1.165, 1.54) is 13.3 Å². The van der Waals surface area contributed by atoms with E-state index in [2.05, 4.69) is 30.9 Å². The minimum Gasteiger partial charge on any atom is -0.369 e. The number of amides is 1. The summed E-state index contributed by atoms with van der Waals surface area (Å²) in [5.74, 6) is 1.37. The van der Waals surface area contributed by atoms with E-state index >= 15 is 0 Å². The topological polar surface area (TPSA) is 91.8 Å². The summed E-state index contributed by atoms with van der Waals surface area (Å²) in [5, 5.41) is 9.96. The molecule has 3 aromatic rings. The van der Waals surface area contributed by atoms with Crippen LogP contribution in [0.15, 0.2) is 55.0 Å². The summed E-state index contributed by atoms with van der Waals surface area (Å²) in [6.07, 6.45) is 4.03. The van der Waals surface area contributed by atoms with Gasteiger partial charge in [-0.05, 0) is 36.8 Å². The normalized spacial score (nSPS) is 10.4. The van der Waals surface area contributed by atoms with Gasteiger partial charge < -0.3 is 16.0 Å². The molecule has 2 heterocycles. The molecule has 0 saturated heterocycles. The van der Waals surface area contributed by atoms with Crippen molar-refractivity contribution in [1.29, 1.82) is 0 Å². The Morgan fingerprint density at radius 3 is 2.79 bits per heavy atom. The number of benzene rings is 1. The molecule has 0 aliphatic rings. The number of hydrogen-bond acceptors (Lipinski definition) is 6. The molecule has 0 fully saturated rings. The third kappa shape index (κ3) is 5.65. The maximum absolute atomic E-state index is 10.9. The first kappa shape index (κ1) is 19.6. The fraction of sp³-hybridized carbons (Fsp3) is 0.200. The van der Waals surface area contributed by atoms with Crippen LogP contribution in [0, 0.1) is 0 Å². The van der Waals surface area contributed by atoms with Gasteiger partial charge in [-0.25, -0.2) is 15.0 Å². The molecule has 0 aliphatic carbocycles. The van der Waals surface area contributed by atoms with Gasteiger partial charge in [-0.2, -0.15) is 0 Å². The molecule has 0 aliphatic heterocycles. The predicted octanol–water partition coefficient (Wildman–Crippen LogP) is 3.87. The summed E-state index contributed by atoms with van der Waals surface area (Å²) in [6.45, 7) is 2.81. The van der Waals surface area contributed by atoms with E-state index in [0.29, 0.717) is 23.9 Å². The number of pyridine rings is 1. The number of anilines is 3. The molecule has 0 saturated carbocycles. The first-order valence-corrected chi connectivity index (χ1v) is 9.28. The smallest absolute Gasteiger partial charge is 0.216 e. The van der Waals surface area contributed by atoms with Crippen LogP contribution in [-0.2, 0) is 4.79 Å². The number of carbonyl (C=O) groups is 1. The van der Waals surface area contributed by atoms with Crippen LogP contribution in [0.25, 0.3) is 11.3 Å². The Labute approximate surface area is 168 Å². The fourth-order valence-electron chi connectivity index (χ4n) is 2.60. The van der Waals surface area contributed by atoms with Crippen molar-refractivity contribution in [2.24, 2.45) is 0 Å². The number of halogens is 1. The zero-order valence-corrected chi connectivity index (χ0v) is 16.2. The summed E-state index contributed by atoms with van der Waals surface area (Å²) in [5.41, 5.74) is 2.47. The Hall–Kier alpha value is -3.19. The minimum atomic E-state index is -0.0285. The third-order valence-electron chi connectivity index (χ3n) is 3.87. The molecule has 0 radical (unpaired) electrons. The van der Waals surface area contributed by atoms with E-state index in [1.54, 1.807) is 6.20 Å². The Balaban J connectivity index is 1.72. The first-order chi connectivity index (χ1) is 13.6. The monoisotopic (exact) mass is 396 g/mol. The van der Waals surface area contributed by atoms with Crippen molar-refractivity contribution in [3.8, 4) is 11.3 Å². The maximum Gasteiger partial charge on any atom is 0.216 e. The molecule has 1 aromatic carbocycles. The van der Waals surface area contributed by atoms with Gasteiger partial charge in [-0.1, -0.05) is 17.7 Å². The van der Waals surface area contributed by atoms with E-state index in [-0.39, 0.29) is 5.91 Å². The second-order valence-corrected chi connectivity index (χ2v) is 6.52. The molecule has 3 rings (SSSR count). The second kappa shape index (κ2) is 9.66. The largest absolute Gasteiger partial charge is 0.369 e. The standard InChI is InChI=1S/C20H21ClN6O/c1-14(28)22-9-4-10-24-20-17(7-3-8-23-20)18-12-19(26-13-25-18)27-16-6-2-5-15(21)11-16/h2-3,5-8,11-13H,4,9-10H2,1H3,(H,22,28)(H,23,24)(H,25,26,27). The molecular weight excluding hydrogens is 376 g/mol. The van der Waals surface area contributed by atoms with E-state index in [0.717, 1.165) is 29.2 Å². The molecule has 3 N–H and O–H groups in total. The molecule has 2 aromatic heterocycles. The molecule has 0 atom stereocenters. The Morgan fingerprint density at radius 2 is 1.96 bits per heavy atom. The van der Waals surface area contributed by atoms with Gasteiger partial charge in [0.15, 0.2) is 0 Å². The zero-order chi connectivity index (χ0) is 19.8. The highest BCUT2D eigenvalue weighted by Gasteiger charge is 2.09. The van der Waals surface area contributed by atoms with Crippen LogP contribution >= 0.6 is 11.6 Å². The van der Waals surface area contributed by atoms with Crippen molar-refractivity contribution >= 4 is 34.8 Å². The Morgan fingerprint density at radius 1 is 1.07 bits per heavy atom. The van der Waals surface area contributed by atoms with Crippen LogP contribution in [0.4, 0.5) is 17.3 Å². The lowest BCUT2D eigenvalue weighted by Crippen LogP contribution is -2.22. The van der Waals surface area contributed by atoms with Gasteiger partial charge in [0.1, 0.15) is 18.0 Å². The van der Waals surface area contributed by atoms with Crippen molar-refractivity contribution in [3.63, 3.8) is 0 Å². The number of carbonyl (C=O) groups excluding carboxylic acids is 1. The Kier molecular flexibility index (Phi) is 6.75. The summed E-state index contributed by atoms with van der Waals surface area (Å²) in [6, 6.07) is 13.1. The molecular formula is C20H21ClN6O. The van der Waals surface area contributed by atoms with Crippen LogP contribution in [0.2, 0.25) is 5.02 Å². The quantitative estimate of drug-likeness (QED) is 0.500. The van der Waals surface area contributed by atoms with Crippen molar-refractivity contribution in [2.45, 2.75) is 13.3 Å². The van der Waals surface area contributed by atoms with Gasteiger partial charge in [0.05, 0.1) is 5.69 Å². The number of nitrogens with zero attached hydrogens (tertiary/aromatic N) is 3. The zero-order valence-electron chi connectivity index (χ0n) is 15.4. The lowest BCUT2D eigenvalue weighted by molar-refractivity contribution is -0.118. The minimum absolute atomic E-state index is 0.0285. The van der Waals surface area contributed by atoms with E-state index in [4.69, 9.17) is 11.6 Å². The van der Waals surface area contributed by atoms with E-state index < -0.39 is 0 Å². The highest BCUT2D eigenvalue weighted by molar-refractivity contribution is 6.30. The molecule has 1 amide bonds. The number of rotatable bonds is 8. The lowest BCUT2D eigenvalue weighted by atomic mass is 10.1. The molecule has 0 spiro atoms. The van der Waals surface area contributed by atoms with Crippen molar-refractivity contribution in [1.82, 2.24) is 20.3 Å². The van der Waals surface area contributed by atoms with Gasteiger partial charge in [-0.3, -0.25) is 4.79 Å². The molecule has 144 valence electrons. The third-order valence-corrected chi connectivity index (χ3v) is 4.10. The average molecular weight is 397 g/mol. The van der Waals surface area contributed by atoms with Crippen LogP contribution < -0.4 is 16.0 Å². The van der Waals surface area contributed by atoms with Crippen molar-refractivity contribution in [2.75, 3.05) is 23.7 Å². The molecule has 28 heavy (non-hydrogen) atoms. The van der Waals surface area contributed by atoms with Crippen LogP contribution in [0.3, 0.4) is 0 Å². The lowest BCUT2D eigenvalue weighted by Gasteiger charge is -2.12. The van der Waals surface area contributed by atoms with Crippen LogP contribution in [0.5, 0.6) is 0 Å². The van der Waals surface area contributed by atoms with Gasteiger partial charge in [0.2, 0.25) is 5.91 Å². The highest BCUT2D eigenvalue weighted by Crippen LogP contribution is 2.26. The first-order valence-electron chi connectivity index (χ1n) is 8.90. The molecule has 0 unspecified atom stereocenters. The molecule has 7 nitrogen and oxygen atoms in total. The van der Waals surface area contributed by atoms with Crippen LogP contribution in [-0.4, -0.2) is 33.9 Å². The fourth-order valence-corrected chi connectivity index (χ4v) is 2.79. The molecule has 0 bridgehead atoms. The van der Waals surface area contributed by atoms with Gasteiger partial charge in [0, 0.05) is 48.5 Å². The summed E-state index contributed by atoms with van der Waals surface area (Å²) >= 11 is 6.03. The van der Waals surface area contributed by atoms with Crippen molar-refractivity contribution in [3.05, 3.63) is 60.0 Å². The average Bonchev–Trinajstić information content (AvgIpc) is 2.68. The molecule has 8 heteroatoms. The number of aromatic nitrogens is 3. The maximum atomic E-state index is 10.9. The second-order valence-electron chi connectivity index (χ2n) is 6.09. The summed E-state index contributed by atoms with van der Waals surface area (Å²) in [7, 11) is 0. The highest BCUT2D eigenvalue weighted by atomic mass is 35.5. The van der Waals surface area contributed by atoms with Crippen LogP contribution in [0.1, 0.15) is 13.3 Å². The van der Waals surface area contributed by atoms with Gasteiger partial charge >= 0.3 is 0 Å². The van der Waals surface area contributed by atoms with Gasteiger partial charge in [0.25, 0.3) is 0 Å². The Bertz CT molecular complexity index is 949. The number of nitrogens with one attached hydrogen (secondary N) is 3. The number of hydrogen-bond donors (Lipinski definition) is 3. The van der Waals surface area contributed by atoms with Gasteiger partial charge in [-0.15, -0.1) is 0 Å². The van der Waals surface area contributed by atoms with E-state index in [1.807, 2.05) is 42.5 Å². The van der Waals surface area contributed by atoms with Crippen molar-refractivity contribution < 1.29 is 4.79 Å². The van der Waals surface area contributed by atoms with E-state index in [9.17, 15) is 4.79 Å². The predicted molar refractivity (Wildman–Crippen MR) is 112 cm³/mol.